The van der Waals surface area contributed by atoms with Gasteiger partial charge in [0.1, 0.15) is 0 Å². The third-order valence-corrected chi connectivity index (χ3v) is 5.28. The van der Waals surface area contributed by atoms with E-state index >= 15 is 0 Å². The average molecular weight is 422 g/mol. The van der Waals surface area contributed by atoms with E-state index in [9.17, 15) is 4.79 Å². The fourth-order valence-corrected chi connectivity index (χ4v) is 4.10. The zero-order valence-electron chi connectivity index (χ0n) is 16.4. The zero-order valence-corrected chi connectivity index (χ0v) is 17.9. The fraction of sp³-hybridized carbons (Fsp3) is 0.200. The zero-order chi connectivity index (χ0) is 21.0. The van der Waals surface area contributed by atoms with Crippen molar-refractivity contribution >= 4 is 34.7 Å². The molecule has 0 N–H and O–H groups in total. The first-order valence-corrected chi connectivity index (χ1v) is 10.2. The topological polar surface area (TPSA) is 21.4 Å². The van der Waals surface area contributed by atoms with Gasteiger partial charge >= 0.3 is 0 Å². The molecule has 0 amide bonds. The lowest BCUT2D eigenvalue weighted by molar-refractivity contribution is 0.0993. The first-order valence-electron chi connectivity index (χ1n) is 9.46. The molecule has 146 valence electrons. The second-order valence-electron chi connectivity index (χ2n) is 7.45. The summed E-state index contributed by atoms with van der Waals surface area (Å²) in [6.45, 7) is 11.8. The van der Waals surface area contributed by atoms with Crippen molar-refractivity contribution in [1.82, 2.24) is 0 Å². The highest BCUT2D eigenvalue weighted by atomic mass is 35.5. The van der Waals surface area contributed by atoms with Gasteiger partial charge in [0, 0.05) is 17.5 Å². The molecule has 0 saturated heterocycles. The van der Waals surface area contributed by atoms with Crippen LogP contribution in [0.3, 0.4) is 0 Å². The molecule has 0 spiro atoms. The van der Waals surface area contributed by atoms with E-state index in [1.165, 1.54) is 0 Å². The van der Waals surface area contributed by atoms with Gasteiger partial charge in [0.25, 0.3) is 0 Å². The number of rotatable bonds is 6. The minimum atomic E-state index is 0.0128. The quantitative estimate of drug-likeness (QED) is 0.293. The van der Waals surface area contributed by atoms with E-state index in [0.717, 1.165) is 23.1 Å². The largest absolute Gasteiger partial charge is 0.294 e. The number of Topliss-reactive ketones (excluding diaryl/α,β-unsaturated/α-hetero) is 1. The Morgan fingerprint density at radius 2 is 1.66 bits per heavy atom. The molecule has 3 aromatic carbocycles. The maximum Gasteiger partial charge on any atom is 0.191 e. The molecule has 0 fully saturated rings. The van der Waals surface area contributed by atoms with Crippen molar-refractivity contribution in [3.63, 3.8) is 0 Å². The van der Waals surface area contributed by atoms with Crippen LogP contribution >= 0.6 is 23.2 Å². The number of ketones is 1. The first-order chi connectivity index (χ1) is 13.9. The van der Waals surface area contributed by atoms with E-state index in [1.807, 2.05) is 36.4 Å². The van der Waals surface area contributed by atoms with E-state index in [4.69, 9.17) is 29.8 Å². The molecular weight excluding hydrogens is 401 g/mol. The lowest BCUT2D eigenvalue weighted by Crippen LogP contribution is -2.03. The molecule has 0 heterocycles. The Bertz CT molecular complexity index is 1060. The number of hydrogen-bond acceptors (Lipinski definition) is 1. The van der Waals surface area contributed by atoms with Crippen molar-refractivity contribution in [2.24, 2.45) is 5.92 Å². The summed E-state index contributed by atoms with van der Waals surface area (Å²) >= 11 is 13.1. The van der Waals surface area contributed by atoms with Gasteiger partial charge in [-0.05, 0) is 47.2 Å². The van der Waals surface area contributed by atoms with Crippen LogP contribution < -0.4 is 0 Å². The number of nitrogens with zero attached hydrogens (tertiary/aromatic N) is 1. The Balaban J connectivity index is 1.92. The summed E-state index contributed by atoms with van der Waals surface area (Å²) in [6, 6.07) is 18.5. The molecule has 2 nitrogen and oxygen atoms in total. The third kappa shape index (κ3) is 5.07. The van der Waals surface area contributed by atoms with E-state index in [-0.39, 0.29) is 12.2 Å². The normalized spacial score (nSPS) is 10.8. The summed E-state index contributed by atoms with van der Waals surface area (Å²) in [5.74, 6) is 0.480. The molecule has 0 atom stereocenters. The van der Waals surface area contributed by atoms with Crippen molar-refractivity contribution < 1.29 is 4.79 Å². The molecule has 3 rings (SSSR count). The molecule has 0 aliphatic heterocycles. The summed E-state index contributed by atoms with van der Waals surface area (Å²) < 4.78 is 0. The molecule has 0 aliphatic carbocycles. The molecule has 0 aromatic heterocycles. The Hall–Kier alpha value is -2.60. The van der Waals surface area contributed by atoms with Crippen LogP contribution in [0.25, 0.3) is 16.0 Å². The Morgan fingerprint density at radius 3 is 2.24 bits per heavy atom. The second-order valence-corrected chi connectivity index (χ2v) is 8.27. The maximum absolute atomic E-state index is 12.5. The third-order valence-electron chi connectivity index (χ3n) is 4.68. The van der Waals surface area contributed by atoms with Gasteiger partial charge in [-0.1, -0.05) is 79.5 Å². The van der Waals surface area contributed by atoms with Gasteiger partial charge in [-0.25, -0.2) is 4.85 Å². The van der Waals surface area contributed by atoms with E-state index < -0.39 is 0 Å². The van der Waals surface area contributed by atoms with Crippen LogP contribution in [-0.4, -0.2) is 5.78 Å². The van der Waals surface area contributed by atoms with Crippen LogP contribution in [0.15, 0.2) is 60.7 Å². The highest BCUT2D eigenvalue weighted by Gasteiger charge is 2.15. The van der Waals surface area contributed by atoms with Gasteiger partial charge in [0.15, 0.2) is 11.5 Å². The molecule has 3 aromatic rings. The van der Waals surface area contributed by atoms with Crippen LogP contribution in [-0.2, 0) is 12.8 Å². The summed E-state index contributed by atoms with van der Waals surface area (Å²) in [5.41, 5.74) is 4.55. The van der Waals surface area contributed by atoms with Gasteiger partial charge in [-0.2, -0.15) is 0 Å². The van der Waals surface area contributed by atoms with Crippen molar-refractivity contribution in [2.75, 3.05) is 0 Å². The molecule has 0 aliphatic rings. The summed E-state index contributed by atoms with van der Waals surface area (Å²) in [4.78, 5) is 16.2. The van der Waals surface area contributed by atoms with E-state index in [1.54, 1.807) is 24.3 Å². The van der Waals surface area contributed by atoms with Gasteiger partial charge < -0.3 is 0 Å². The predicted octanol–water partition coefficient (Wildman–Crippen LogP) is 7.84. The molecular formula is C25H21Cl2NO. The Kier molecular flexibility index (Phi) is 6.75. The number of carbonyl (C=O) groups excluding carboxylic acids is 1. The standard InChI is InChI=1S/C25H21Cl2NO/c1-16(2)11-19-9-10-20(15-23(19)28-3)25-21(26)12-17(13-22(25)27)14-24(29)18-7-5-4-6-8-18/h4-10,12-13,15-16H,11,14H2,1-2H3. The van der Waals surface area contributed by atoms with Crippen LogP contribution in [0.5, 0.6) is 0 Å². The summed E-state index contributed by atoms with van der Waals surface area (Å²) in [5, 5.41) is 0.946. The summed E-state index contributed by atoms with van der Waals surface area (Å²) in [7, 11) is 0. The monoisotopic (exact) mass is 421 g/mol. The highest BCUT2D eigenvalue weighted by molar-refractivity contribution is 6.39. The molecule has 0 radical (unpaired) electrons. The Labute approximate surface area is 181 Å². The van der Waals surface area contributed by atoms with Crippen molar-refractivity contribution in [1.29, 1.82) is 0 Å². The molecule has 0 saturated carbocycles. The van der Waals surface area contributed by atoms with Gasteiger partial charge in [-0.3, -0.25) is 4.79 Å². The van der Waals surface area contributed by atoms with Crippen molar-refractivity contribution in [3.05, 3.63) is 98.8 Å². The summed E-state index contributed by atoms with van der Waals surface area (Å²) in [6.07, 6.45) is 1.07. The van der Waals surface area contributed by atoms with E-state index in [2.05, 4.69) is 18.7 Å². The number of hydrogen-bond donors (Lipinski definition) is 0. The smallest absolute Gasteiger partial charge is 0.191 e. The lowest BCUT2D eigenvalue weighted by Gasteiger charge is -2.13. The number of halogens is 2. The van der Waals surface area contributed by atoms with Crippen LogP contribution in [0.4, 0.5) is 5.69 Å². The van der Waals surface area contributed by atoms with Gasteiger partial charge in [0.05, 0.1) is 16.6 Å². The SMILES string of the molecule is [C-]#[N+]c1cc(-c2c(Cl)cc(CC(=O)c3ccccc3)cc2Cl)ccc1CC(C)C. The fourth-order valence-electron chi connectivity index (χ4n) is 3.35. The molecule has 29 heavy (non-hydrogen) atoms. The minimum Gasteiger partial charge on any atom is -0.294 e. The molecule has 4 heteroatoms. The Morgan fingerprint density at radius 1 is 1.00 bits per heavy atom. The number of benzene rings is 3. The van der Waals surface area contributed by atoms with E-state index in [0.29, 0.717) is 32.8 Å². The molecule has 0 bridgehead atoms. The maximum atomic E-state index is 12.5. The van der Waals surface area contributed by atoms with Gasteiger partial charge in [0.2, 0.25) is 0 Å². The first kappa shape index (κ1) is 21.1. The predicted molar refractivity (Wildman–Crippen MR) is 121 cm³/mol. The average Bonchev–Trinajstić information content (AvgIpc) is 2.68. The van der Waals surface area contributed by atoms with Crippen molar-refractivity contribution in [2.45, 2.75) is 26.7 Å². The second kappa shape index (κ2) is 9.27. The van der Waals surface area contributed by atoms with Gasteiger partial charge in [-0.15, -0.1) is 0 Å². The van der Waals surface area contributed by atoms with Crippen molar-refractivity contribution in [3.8, 4) is 11.1 Å². The number of carbonyl (C=O) groups is 1. The van der Waals surface area contributed by atoms with Crippen LogP contribution in [0, 0.1) is 12.5 Å². The lowest BCUT2D eigenvalue weighted by atomic mass is 9.96. The highest BCUT2D eigenvalue weighted by Crippen LogP contribution is 2.38. The minimum absolute atomic E-state index is 0.0128. The molecule has 0 unspecified atom stereocenters. The van der Waals surface area contributed by atoms with Crippen LogP contribution in [0.1, 0.15) is 35.3 Å². The van der Waals surface area contributed by atoms with Crippen LogP contribution in [0.2, 0.25) is 10.0 Å².